The van der Waals surface area contributed by atoms with Gasteiger partial charge in [-0.05, 0) is 23.5 Å². The summed E-state index contributed by atoms with van der Waals surface area (Å²) in [6, 6.07) is 1.75. The van der Waals surface area contributed by atoms with E-state index in [4.69, 9.17) is 0 Å². The lowest BCUT2D eigenvalue weighted by atomic mass is 9.91. The van der Waals surface area contributed by atoms with Crippen molar-refractivity contribution in [2.75, 3.05) is 7.11 Å². The third kappa shape index (κ3) is 1.54. The number of Topliss-reactive ketones (excluding diaryl/α,β-unsaturated/α-hetero) is 1. The Kier molecular flexibility index (Phi) is 2.58. The number of aromatic nitrogens is 1. The highest BCUT2D eigenvalue weighted by Crippen LogP contribution is 2.38. The van der Waals surface area contributed by atoms with Crippen LogP contribution in [0.4, 0.5) is 0 Å². The van der Waals surface area contributed by atoms with E-state index in [1.807, 2.05) is 0 Å². The predicted octanol–water partition coefficient (Wildman–Crippen LogP) is 2.13. The average molecular weight is 221 g/mol. The fraction of sp³-hybridized carbons (Fsp3) is 0.500. The lowest BCUT2D eigenvalue weighted by Gasteiger charge is -2.12. The second kappa shape index (κ2) is 3.77. The molecule has 1 aliphatic carbocycles. The van der Waals surface area contributed by atoms with E-state index in [9.17, 15) is 9.59 Å². The molecule has 1 atom stereocenters. The Balaban J connectivity index is 2.41. The molecule has 1 aromatic rings. The van der Waals surface area contributed by atoms with Gasteiger partial charge in [-0.2, -0.15) is 0 Å². The molecule has 16 heavy (non-hydrogen) atoms. The SMILES string of the molecule is COC(=O)c1cc2c([nH]1)C(=O)CC2C(C)C. The summed E-state index contributed by atoms with van der Waals surface area (Å²) in [5, 5.41) is 0. The average Bonchev–Trinajstić information content (AvgIpc) is 2.78. The molecule has 0 amide bonds. The first-order valence-corrected chi connectivity index (χ1v) is 5.39. The van der Waals surface area contributed by atoms with Crippen LogP contribution in [0.25, 0.3) is 0 Å². The van der Waals surface area contributed by atoms with Gasteiger partial charge in [0.2, 0.25) is 0 Å². The number of rotatable bonds is 2. The van der Waals surface area contributed by atoms with E-state index >= 15 is 0 Å². The summed E-state index contributed by atoms with van der Waals surface area (Å²) in [7, 11) is 1.33. The van der Waals surface area contributed by atoms with Gasteiger partial charge in [-0.1, -0.05) is 13.8 Å². The van der Waals surface area contributed by atoms with Gasteiger partial charge >= 0.3 is 5.97 Å². The molecule has 0 aliphatic heterocycles. The van der Waals surface area contributed by atoms with Gasteiger partial charge in [0.1, 0.15) is 5.69 Å². The summed E-state index contributed by atoms with van der Waals surface area (Å²) >= 11 is 0. The van der Waals surface area contributed by atoms with E-state index in [-0.39, 0.29) is 11.7 Å². The molecular formula is C12H15NO3. The van der Waals surface area contributed by atoms with Crippen molar-refractivity contribution in [1.82, 2.24) is 4.98 Å². The molecule has 4 nitrogen and oxygen atoms in total. The van der Waals surface area contributed by atoms with Crippen LogP contribution in [0.3, 0.4) is 0 Å². The number of ketones is 1. The Morgan fingerprint density at radius 3 is 2.81 bits per heavy atom. The van der Waals surface area contributed by atoms with Gasteiger partial charge in [-0.15, -0.1) is 0 Å². The molecule has 1 aromatic heterocycles. The van der Waals surface area contributed by atoms with Crippen molar-refractivity contribution in [3.63, 3.8) is 0 Å². The summed E-state index contributed by atoms with van der Waals surface area (Å²) in [6.07, 6.45) is 0.542. The molecule has 0 aromatic carbocycles. The van der Waals surface area contributed by atoms with Crippen LogP contribution >= 0.6 is 0 Å². The van der Waals surface area contributed by atoms with Gasteiger partial charge in [0.05, 0.1) is 12.8 Å². The van der Waals surface area contributed by atoms with E-state index in [0.29, 0.717) is 23.7 Å². The Morgan fingerprint density at radius 1 is 1.56 bits per heavy atom. The van der Waals surface area contributed by atoms with Gasteiger partial charge in [-0.3, -0.25) is 4.79 Å². The zero-order valence-electron chi connectivity index (χ0n) is 9.66. The van der Waals surface area contributed by atoms with E-state index in [1.165, 1.54) is 7.11 Å². The zero-order chi connectivity index (χ0) is 11.9. The Bertz CT molecular complexity index is 445. The third-order valence-electron chi connectivity index (χ3n) is 3.14. The lowest BCUT2D eigenvalue weighted by Crippen LogP contribution is -2.06. The van der Waals surface area contributed by atoms with Crippen LogP contribution in [0, 0.1) is 5.92 Å². The standard InChI is InChI=1S/C12H15NO3/c1-6(2)7-5-10(14)11-8(7)4-9(13-11)12(15)16-3/h4,6-7,13H,5H2,1-3H3. The van der Waals surface area contributed by atoms with Gasteiger partial charge in [0.15, 0.2) is 5.78 Å². The summed E-state index contributed by atoms with van der Waals surface area (Å²) in [5.41, 5.74) is 1.91. The van der Waals surface area contributed by atoms with Gasteiger partial charge in [0, 0.05) is 6.42 Å². The van der Waals surface area contributed by atoms with Crippen LogP contribution < -0.4 is 0 Å². The molecule has 2 rings (SSSR count). The predicted molar refractivity (Wildman–Crippen MR) is 58.7 cm³/mol. The molecule has 86 valence electrons. The number of methoxy groups -OCH3 is 1. The Labute approximate surface area is 94.0 Å². The Hall–Kier alpha value is -1.58. The Morgan fingerprint density at radius 2 is 2.25 bits per heavy atom. The number of nitrogens with one attached hydrogen (secondary N) is 1. The van der Waals surface area contributed by atoms with Crippen molar-refractivity contribution in [3.8, 4) is 0 Å². The van der Waals surface area contributed by atoms with Gasteiger partial charge in [0.25, 0.3) is 0 Å². The molecule has 0 saturated carbocycles. The topological polar surface area (TPSA) is 59.2 Å². The van der Waals surface area contributed by atoms with E-state index in [1.54, 1.807) is 6.07 Å². The number of hydrogen-bond acceptors (Lipinski definition) is 3. The fourth-order valence-corrected chi connectivity index (χ4v) is 2.22. The number of hydrogen-bond donors (Lipinski definition) is 1. The monoisotopic (exact) mass is 221 g/mol. The van der Waals surface area contributed by atoms with Crippen molar-refractivity contribution >= 4 is 11.8 Å². The highest BCUT2D eigenvalue weighted by Gasteiger charge is 2.34. The minimum Gasteiger partial charge on any atom is -0.464 e. The first-order chi connectivity index (χ1) is 7.54. The molecule has 0 fully saturated rings. The van der Waals surface area contributed by atoms with E-state index < -0.39 is 5.97 Å². The van der Waals surface area contributed by atoms with Crippen molar-refractivity contribution in [2.45, 2.75) is 26.2 Å². The summed E-state index contributed by atoms with van der Waals surface area (Å²) in [4.78, 5) is 25.9. The van der Waals surface area contributed by atoms with Crippen molar-refractivity contribution in [2.24, 2.45) is 5.92 Å². The van der Waals surface area contributed by atoms with Crippen LogP contribution in [-0.4, -0.2) is 23.8 Å². The van der Waals surface area contributed by atoms with Crippen molar-refractivity contribution in [1.29, 1.82) is 0 Å². The van der Waals surface area contributed by atoms with Gasteiger partial charge < -0.3 is 9.72 Å². The highest BCUT2D eigenvalue weighted by molar-refractivity contribution is 6.02. The van der Waals surface area contributed by atoms with Crippen LogP contribution in [0.2, 0.25) is 0 Å². The number of carbonyl (C=O) groups excluding carboxylic acids is 2. The van der Waals surface area contributed by atoms with Crippen LogP contribution in [-0.2, 0) is 4.74 Å². The van der Waals surface area contributed by atoms with Gasteiger partial charge in [-0.25, -0.2) is 4.79 Å². The maximum absolute atomic E-state index is 11.7. The molecule has 0 radical (unpaired) electrons. The number of H-pyrrole nitrogens is 1. The minimum atomic E-state index is -0.426. The maximum Gasteiger partial charge on any atom is 0.354 e. The number of ether oxygens (including phenoxy) is 1. The first kappa shape index (κ1) is 10.9. The number of carbonyl (C=O) groups is 2. The third-order valence-corrected chi connectivity index (χ3v) is 3.14. The normalized spacial score (nSPS) is 19.0. The molecule has 0 saturated heterocycles. The second-order valence-electron chi connectivity index (χ2n) is 4.48. The number of fused-ring (bicyclic) bond motifs is 1. The summed E-state index contributed by atoms with van der Waals surface area (Å²) < 4.78 is 4.62. The second-order valence-corrected chi connectivity index (χ2v) is 4.48. The van der Waals surface area contributed by atoms with Crippen molar-refractivity contribution in [3.05, 3.63) is 23.0 Å². The molecule has 0 spiro atoms. The smallest absolute Gasteiger partial charge is 0.354 e. The number of esters is 1. The van der Waals surface area contributed by atoms with E-state index in [0.717, 1.165) is 5.56 Å². The van der Waals surface area contributed by atoms with Crippen LogP contribution in [0.15, 0.2) is 6.07 Å². The molecule has 1 unspecified atom stereocenters. The first-order valence-electron chi connectivity index (χ1n) is 5.39. The van der Waals surface area contributed by atoms with Crippen molar-refractivity contribution < 1.29 is 14.3 Å². The minimum absolute atomic E-state index is 0.0869. The van der Waals surface area contributed by atoms with Crippen LogP contribution in [0.5, 0.6) is 0 Å². The van der Waals surface area contributed by atoms with Crippen LogP contribution in [0.1, 0.15) is 52.7 Å². The lowest BCUT2D eigenvalue weighted by molar-refractivity contribution is 0.0594. The molecule has 1 heterocycles. The number of aromatic amines is 1. The molecular weight excluding hydrogens is 206 g/mol. The molecule has 4 heteroatoms. The summed E-state index contributed by atoms with van der Waals surface area (Å²) in [5.74, 6) is 0.275. The van der Waals surface area contributed by atoms with E-state index in [2.05, 4.69) is 23.6 Å². The molecule has 0 bridgehead atoms. The highest BCUT2D eigenvalue weighted by atomic mass is 16.5. The quantitative estimate of drug-likeness (QED) is 0.778. The fourth-order valence-electron chi connectivity index (χ4n) is 2.22. The molecule has 1 N–H and O–H groups in total. The molecule has 1 aliphatic rings. The maximum atomic E-state index is 11.7. The zero-order valence-corrected chi connectivity index (χ0v) is 9.66. The largest absolute Gasteiger partial charge is 0.464 e. The summed E-state index contributed by atoms with van der Waals surface area (Å²) in [6.45, 7) is 4.16.